The Bertz CT molecular complexity index is 455. The van der Waals surface area contributed by atoms with Crippen molar-refractivity contribution in [3.63, 3.8) is 0 Å². The van der Waals surface area contributed by atoms with Gasteiger partial charge in [0.25, 0.3) is 5.91 Å². The molecule has 2 rings (SSSR count). The predicted octanol–water partition coefficient (Wildman–Crippen LogP) is 3.30. The quantitative estimate of drug-likeness (QED) is 0.859. The van der Waals surface area contributed by atoms with Gasteiger partial charge in [-0.25, -0.2) is 0 Å². The highest BCUT2D eigenvalue weighted by molar-refractivity contribution is 6.31. The zero-order valence-corrected chi connectivity index (χ0v) is 11.6. The number of anilines is 1. The summed E-state index contributed by atoms with van der Waals surface area (Å²) in [5.41, 5.74) is 1.77. The van der Waals surface area contributed by atoms with Gasteiger partial charge < -0.3 is 10.6 Å². The van der Waals surface area contributed by atoms with Crippen LogP contribution in [0.25, 0.3) is 0 Å². The first kappa shape index (κ1) is 13.2. The van der Waals surface area contributed by atoms with Gasteiger partial charge in [0, 0.05) is 24.3 Å². The average molecular weight is 267 g/mol. The van der Waals surface area contributed by atoms with E-state index in [0.717, 1.165) is 18.7 Å². The lowest BCUT2D eigenvalue weighted by Crippen LogP contribution is -2.30. The molecule has 0 atom stereocenters. The van der Waals surface area contributed by atoms with Crippen molar-refractivity contribution in [3.8, 4) is 0 Å². The van der Waals surface area contributed by atoms with Crippen molar-refractivity contribution in [3.05, 3.63) is 28.8 Å². The molecule has 18 heavy (non-hydrogen) atoms. The molecule has 0 bridgehead atoms. The van der Waals surface area contributed by atoms with Gasteiger partial charge in [-0.3, -0.25) is 4.79 Å². The third-order valence-electron chi connectivity index (χ3n) is 3.83. The maximum Gasteiger partial charge on any atom is 0.253 e. The lowest BCUT2D eigenvalue weighted by Gasteiger charge is -2.15. The first-order valence-corrected chi connectivity index (χ1v) is 6.73. The molecule has 1 aromatic carbocycles. The fraction of sp³-hybridized carbons (Fsp3) is 0.500. The van der Waals surface area contributed by atoms with Gasteiger partial charge in [-0.1, -0.05) is 18.5 Å². The van der Waals surface area contributed by atoms with Crippen molar-refractivity contribution in [2.45, 2.75) is 26.2 Å². The van der Waals surface area contributed by atoms with Crippen LogP contribution in [0.15, 0.2) is 18.2 Å². The average Bonchev–Trinajstić information content (AvgIpc) is 3.16. The van der Waals surface area contributed by atoms with Gasteiger partial charge in [-0.2, -0.15) is 0 Å². The van der Waals surface area contributed by atoms with Crippen molar-refractivity contribution < 1.29 is 4.79 Å². The van der Waals surface area contributed by atoms with Gasteiger partial charge in [0.2, 0.25) is 0 Å². The second-order valence-electron chi connectivity index (χ2n) is 4.98. The van der Waals surface area contributed by atoms with E-state index < -0.39 is 0 Å². The van der Waals surface area contributed by atoms with E-state index in [1.165, 1.54) is 12.8 Å². The van der Waals surface area contributed by atoms with Gasteiger partial charge in [-0.15, -0.1) is 0 Å². The number of amides is 1. The second-order valence-corrected chi connectivity index (χ2v) is 5.41. The molecule has 0 radical (unpaired) electrons. The van der Waals surface area contributed by atoms with Crippen LogP contribution < -0.4 is 10.6 Å². The summed E-state index contributed by atoms with van der Waals surface area (Å²) >= 11 is 5.94. The van der Waals surface area contributed by atoms with Crippen LogP contribution in [-0.2, 0) is 0 Å². The highest BCUT2D eigenvalue weighted by Gasteiger charge is 2.40. The molecular weight excluding hydrogens is 248 g/mol. The molecule has 1 aliphatic carbocycles. The van der Waals surface area contributed by atoms with Crippen molar-refractivity contribution in [2.75, 3.05) is 18.9 Å². The van der Waals surface area contributed by atoms with E-state index in [0.29, 0.717) is 16.0 Å². The molecule has 0 unspecified atom stereocenters. The molecular formula is C14H19ClN2O. The Morgan fingerprint density at radius 1 is 1.44 bits per heavy atom. The van der Waals surface area contributed by atoms with Crippen molar-refractivity contribution in [2.24, 2.45) is 5.41 Å². The lowest BCUT2D eigenvalue weighted by atomic mass is 10.0. The van der Waals surface area contributed by atoms with E-state index in [1.807, 2.05) is 6.07 Å². The minimum Gasteiger partial charge on any atom is -0.387 e. The molecule has 0 heterocycles. The van der Waals surface area contributed by atoms with Crippen LogP contribution >= 0.6 is 11.6 Å². The van der Waals surface area contributed by atoms with E-state index in [1.54, 1.807) is 19.2 Å². The van der Waals surface area contributed by atoms with Gasteiger partial charge in [0.15, 0.2) is 0 Å². The predicted molar refractivity (Wildman–Crippen MR) is 75.3 cm³/mol. The SMILES string of the molecule is CCC1(CNC(=O)c2cc(Cl)ccc2NC)CC1. The number of carbonyl (C=O) groups excluding carboxylic acids is 1. The fourth-order valence-electron chi connectivity index (χ4n) is 2.12. The Labute approximate surface area is 113 Å². The number of hydrogen-bond acceptors (Lipinski definition) is 2. The van der Waals surface area contributed by atoms with Crippen LogP contribution in [0.1, 0.15) is 36.5 Å². The van der Waals surface area contributed by atoms with Crippen LogP contribution in [0.5, 0.6) is 0 Å². The highest BCUT2D eigenvalue weighted by Crippen LogP contribution is 2.47. The monoisotopic (exact) mass is 266 g/mol. The second kappa shape index (κ2) is 5.19. The molecule has 1 aromatic rings. The highest BCUT2D eigenvalue weighted by atomic mass is 35.5. The van der Waals surface area contributed by atoms with Crippen LogP contribution in [0.3, 0.4) is 0 Å². The summed E-state index contributed by atoms with van der Waals surface area (Å²) in [5.74, 6) is -0.0541. The van der Waals surface area contributed by atoms with Crippen LogP contribution in [0, 0.1) is 5.41 Å². The number of halogens is 1. The minimum absolute atomic E-state index is 0.0541. The summed E-state index contributed by atoms with van der Waals surface area (Å²) in [6.45, 7) is 2.94. The molecule has 3 nitrogen and oxygen atoms in total. The zero-order chi connectivity index (χ0) is 13.2. The molecule has 0 aromatic heterocycles. The van der Waals surface area contributed by atoms with Crippen molar-refractivity contribution in [1.29, 1.82) is 0 Å². The number of rotatable bonds is 5. The molecule has 0 aliphatic heterocycles. The molecule has 1 fully saturated rings. The summed E-state index contributed by atoms with van der Waals surface area (Å²) in [4.78, 5) is 12.2. The van der Waals surface area contributed by atoms with Crippen LogP contribution in [0.4, 0.5) is 5.69 Å². The standard InChI is InChI=1S/C14H19ClN2O/c1-3-14(6-7-14)9-17-13(18)11-8-10(15)4-5-12(11)16-2/h4-5,8,16H,3,6-7,9H2,1-2H3,(H,17,18). The van der Waals surface area contributed by atoms with E-state index in [2.05, 4.69) is 17.6 Å². The minimum atomic E-state index is -0.0541. The first-order valence-electron chi connectivity index (χ1n) is 6.36. The largest absolute Gasteiger partial charge is 0.387 e. The van der Waals surface area contributed by atoms with Crippen molar-refractivity contribution >= 4 is 23.2 Å². The summed E-state index contributed by atoms with van der Waals surface area (Å²) < 4.78 is 0. The van der Waals surface area contributed by atoms with E-state index >= 15 is 0 Å². The lowest BCUT2D eigenvalue weighted by molar-refractivity contribution is 0.0945. The topological polar surface area (TPSA) is 41.1 Å². The first-order chi connectivity index (χ1) is 8.60. The number of benzene rings is 1. The van der Waals surface area contributed by atoms with E-state index in [9.17, 15) is 4.79 Å². The Hall–Kier alpha value is -1.22. The third-order valence-corrected chi connectivity index (χ3v) is 4.06. The Balaban J connectivity index is 2.06. The van der Waals surface area contributed by atoms with Crippen LogP contribution in [0.2, 0.25) is 5.02 Å². The molecule has 2 N–H and O–H groups in total. The Kier molecular flexibility index (Phi) is 3.81. The molecule has 0 saturated heterocycles. The van der Waals surface area contributed by atoms with E-state index in [4.69, 9.17) is 11.6 Å². The maximum absolute atomic E-state index is 12.2. The molecule has 1 amide bonds. The van der Waals surface area contributed by atoms with Gasteiger partial charge in [0.05, 0.1) is 5.56 Å². The summed E-state index contributed by atoms with van der Waals surface area (Å²) in [7, 11) is 1.80. The molecule has 1 aliphatic rings. The summed E-state index contributed by atoms with van der Waals surface area (Å²) in [5, 5.41) is 6.61. The zero-order valence-electron chi connectivity index (χ0n) is 10.8. The van der Waals surface area contributed by atoms with Crippen LogP contribution in [-0.4, -0.2) is 19.5 Å². The molecule has 98 valence electrons. The third kappa shape index (κ3) is 2.78. The molecule has 1 saturated carbocycles. The van der Waals surface area contributed by atoms with Gasteiger partial charge in [0.1, 0.15) is 0 Å². The molecule has 0 spiro atoms. The Morgan fingerprint density at radius 2 is 2.17 bits per heavy atom. The Morgan fingerprint density at radius 3 is 2.72 bits per heavy atom. The number of hydrogen-bond donors (Lipinski definition) is 2. The fourth-order valence-corrected chi connectivity index (χ4v) is 2.29. The van der Waals surface area contributed by atoms with E-state index in [-0.39, 0.29) is 5.91 Å². The maximum atomic E-state index is 12.2. The van der Waals surface area contributed by atoms with Gasteiger partial charge in [-0.05, 0) is 42.9 Å². The normalized spacial score (nSPS) is 16.2. The number of nitrogens with one attached hydrogen (secondary N) is 2. The summed E-state index contributed by atoms with van der Waals surface area (Å²) in [6, 6.07) is 5.30. The summed E-state index contributed by atoms with van der Waals surface area (Å²) in [6.07, 6.45) is 3.57. The van der Waals surface area contributed by atoms with Crippen molar-refractivity contribution in [1.82, 2.24) is 5.32 Å². The molecule has 4 heteroatoms. The number of carbonyl (C=O) groups is 1. The van der Waals surface area contributed by atoms with Gasteiger partial charge >= 0.3 is 0 Å². The smallest absolute Gasteiger partial charge is 0.253 e.